The SMILES string of the molecule is Cc1nc(-c2cc(S(=O)(=O)N3CCCC(C(=O)NC4CCCCCCC4)C3)c(C)s2)no1. The molecule has 1 atom stereocenters. The average Bonchev–Trinajstić information content (AvgIpc) is 3.36. The number of aromatic nitrogens is 2. The van der Waals surface area contributed by atoms with Crippen LogP contribution < -0.4 is 5.32 Å². The highest BCUT2D eigenvalue weighted by Gasteiger charge is 2.35. The van der Waals surface area contributed by atoms with Crippen molar-refractivity contribution >= 4 is 27.3 Å². The zero-order chi connectivity index (χ0) is 22.7. The molecule has 1 unspecified atom stereocenters. The molecule has 1 saturated carbocycles. The molecule has 10 heteroatoms. The molecular weight excluding hydrogens is 448 g/mol. The third kappa shape index (κ3) is 5.23. The maximum atomic E-state index is 13.4. The minimum absolute atomic E-state index is 0.000440. The summed E-state index contributed by atoms with van der Waals surface area (Å²) in [5, 5.41) is 7.12. The third-order valence-corrected chi connectivity index (χ3v) is 9.61. The Morgan fingerprint density at radius 3 is 2.53 bits per heavy atom. The summed E-state index contributed by atoms with van der Waals surface area (Å²) < 4.78 is 33.4. The van der Waals surface area contributed by atoms with Crippen molar-refractivity contribution in [1.82, 2.24) is 19.8 Å². The standard InChI is InChI=1S/C22H32N4O4S2/c1-15-20(13-19(31-15)21-23-16(2)30-25-21)32(28,29)26-12-8-9-17(14-26)22(27)24-18-10-6-4-3-5-7-11-18/h13,17-18H,3-12,14H2,1-2H3,(H,24,27). The van der Waals surface area contributed by atoms with Gasteiger partial charge >= 0.3 is 0 Å². The van der Waals surface area contributed by atoms with E-state index in [4.69, 9.17) is 4.52 Å². The number of amides is 1. The van der Waals surface area contributed by atoms with Crippen molar-refractivity contribution in [2.75, 3.05) is 13.1 Å². The Labute approximate surface area is 193 Å². The summed E-state index contributed by atoms with van der Waals surface area (Å²) in [6, 6.07) is 1.84. The third-order valence-electron chi connectivity index (χ3n) is 6.44. The molecule has 1 aliphatic heterocycles. The van der Waals surface area contributed by atoms with Gasteiger partial charge in [-0.25, -0.2) is 8.42 Å². The number of rotatable bonds is 5. The molecule has 1 amide bonds. The second-order valence-corrected chi connectivity index (χ2v) is 12.1. The number of hydrogen-bond acceptors (Lipinski definition) is 7. The summed E-state index contributed by atoms with van der Waals surface area (Å²) in [7, 11) is -3.71. The van der Waals surface area contributed by atoms with Gasteiger partial charge in [-0.3, -0.25) is 4.79 Å². The minimum atomic E-state index is -3.71. The smallest absolute Gasteiger partial charge is 0.244 e. The molecule has 0 radical (unpaired) electrons. The van der Waals surface area contributed by atoms with Crippen LogP contribution in [0.2, 0.25) is 0 Å². The molecule has 1 saturated heterocycles. The van der Waals surface area contributed by atoms with Crippen LogP contribution >= 0.6 is 11.3 Å². The van der Waals surface area contributed by atoms with Crippen molar-refractivity contribution in [3.05, 3.63) is 16.8 Å². The van der Waals surface area contributed by atoms with E-state index in [1.807, 2.05) is 0 Å². The Morgan fingerprint density at radius 2 is 1.84 bits per heavy atom. The lowest BCUT2D eigenvalue weighted by molar-refractivity contribution is -0.126. The highest BCUT2D eigenvalue weighted by atomic mass is 32.2. The zero-order valence-corrected chi connectivity index (χ0v) is 20.4. The first-order chi connectivity index (χ1) is 15.3. The fourth-order valence-corrected chi connectivity index (χ4v) is 7.67. The van der Waals surface area contributed by atoms with E-state index in [9.17, 15) is 13.2 Å². The highest BCUT2D eigenvalue weighted by molar-refractivity contribution is 7.89. The highest BCUT2D eigenvalue weighted by Crippen LogP contribution is 2.35. The Morgan fingerprint density at radius 1 is 1.12 bits per heavy atom. The van der Waals surface area contributed by atoms with E-state index in [-0.39, 0.29) is 29.3 Å². The van der Waals surface area contributed by atoms with E-state index in [0.29, 0.717) is 34.4 Å². The zero-order valence-electron chi connectivity index (χ0n) is 18.8. The number of sulfonamides is 1. The molecule has 1 aliphatic carbocycles. The predicted molar refractivity (Wildman–Crippen MR) is 123 cm³/mol. The van der Waals surface area contributed by atoms with E-state index in [0.717, 1.165) is 32.1 Å². The number of thiophene rings is 1. The Hall–Kier alpha value is -1.78. The largest absolute Gasteiger partial charge is 0.353 e. The van der Waals surface area contributed by atoms with Crippen molar-refractivity contribution in [1.29, 1.82) is 0 Å². The predicted octanol–water partition coefficient (Wildman–Crippen LogP) is 4.04. The van der Waals surface area contributed by atoms with E-state index in [2.05, 4.69) is 15.5 Å². The van der Waals surface area contributed by atoms with Gasteiger partial charge in [0.2, 0.25) is 27.6 Å². The van der Waals surface area contributed by atoms with Crippen LogP contribution in [0.4, 0.5) is 0 Å². The molecule has 176 valence electrons. The number of hydrogen-bond donors (Lipinski definition) is 1. The second-order valence-electron chi connectivity index (χ2n) is 8.92. The van der Waals surface area contributed by atoms with E-state index in [1.165, 1.54) is 34.9 Å². The summed E-state index contributed by atoms with van der Waals surface area (Å²) in [4.78, 5) is 18.8. The van der Waals surface area contributed by atoms with Crippen molar-refractivity contribution in [3.63, 3.8) is 0 Å². The molecule has 2 aromatic rings. The molecule has 0 bridgehead atoms. The van der Waals surface area contributed by atoms with Crippen molar-refractivity contribution < 1.29 is 17.7 Å². The van der Waals surface area contributed by atoms with Crippen LogP contribution in [0.15, 0.2) is 15.5 Å². The van der Waals surface area contributed by atoms with Gasteiger partial charge in [0.05, 0.1) is 15.7 Å². The normalized spacial score (nSPS) is 21.8. The topological polar surface area (TPSA) is 105 Å². The average molecular weight is 481 g/mol. The summed E-state index contributed by atoms with van der Waals surface area (Å²) >= 11 is 1.34. The van der Waals surface area contributed by atoms with Crippen molar-refractivity contribution in [3.8, 4) is 10.7 Å². The summed E-state index contributed by atoms with van der Waals surface area (Å²) in [5.41, 5.74) is 0. The maximum Gasteiger partial charge on any atom is 0.244 e. The molecule has 8 nitrogen and oxygen atoms in total. The molecule has 2 aliphatic rings. The monoisotopic (exact) mass is 480 g/mol. The summed E-state index contributed by atoms with van der Waals surface area (Å²) in [6.07, 6.45) is 9.49. The minimum Gasteiger partial charge on any atom is -0.353 e. The molecule has 2 fully saturated rings. The van der Waals surface area contributed by atoms with Gasteiger partial charge in [-0.2, -0.15) is 9.29 Å². The van der Waals surface area contributed by atoms with Crippen LogP contribution in [0.5, 0.6) is 0 Å². The number of nitrogens with zero attached hydrogens (tertiary/aromatic N) is 3. The van der Waals surface area contributed by atoms with Gasteiger partial charge in [-0.1, -0.05) is 37.3 Å². The molecule has 32 heavy (non-hydrogen) atoms. The van der Waals surface area contributed by atoms with E-state index < -0.39 is 10.0 Å². The Bertz CT molecular complexity index is 1040. The quantitative estimate of drug-likeness (QED) is 0.692. The first-order valence-corrected chi connectivity index (χ1v) is 13.8. The Balaban J connectivity index is 1.45. The van der Waals surface area contributed by atoms with Crippen LogP contribution in [-0.2, 0) is 14.8 Å². The summed E-state index contributed by atoms with van der Waals surface area (Å²) in [5.74, 6) is 0.527. The van der Waals surface area contributed by atoms with Crippen LogP contribution in [0.1, 0.15) is 68.6 Å². The van der Waals surface area contributed by atoms with Crippen LogP contribution in [0, 0.1) is 19.8 Å². The molecular formula is C22H32N4O4S2. The van der Waals surface area contributed by atoms with Gasteiger partial charge in [-0.15, -0.1) is 11.3 Å². The van der Waals surface area contributed by atoms with Gasteiger partial charge in [0, 0.05) is 30.9 Å². The number of aryl methyl sites for hydroxylation is 2. The fraction of sp³-hybridized carbons (Fsp3) is 0.682. The molecule has 4 rings (SSSR count). The van der Waals surface area contributed by atoms with Crippen LogP contribution in [-0.4, -0.2) is 47.9 Å². The lowest BCUT2D eigenvalue weighted by Gasteiger charge is -2.32. The van der Waals surface area contributed by atoms with Gasteiger partial charge in [0.25, 0.3) is 0 Å². The maximum absolute atomic E-state index is 13.4. The Kier molecular flexibility index (Phi) is 7.31. The van der Waals surface area contributed by atoms with Gasteiger partial charge in [-0.05, 0) is 38.7 Å². The number of carbonyl (C=O) groups excluding carboxylic acids is 1. The number of carbonyl (C=O) groups is 1. The van der Waals surface area contributed by atoms with Gasteiger partial charge in [0.1, 0.15) is 0 Å². The van der Waals surface area contributed by atoms with Crippen molar-refractivity contribution in [2.24, 2.45) is 5.92 Å². The lowest BCUT2D eigenvalue weighted by Crippen LogP contribution is -2.47. The molecule has 0 aromatic carbocycles. The first kappa shape index (κ1) is 23.4. The molecule has 2 aromatic heterocycles. The van der Waals surface area contributed by atoms with Crippen molar-refractivity contribution in [2.45, 2.75) is 82.6 Å². The summed E-state index contributed by atoms with van der Waals surface area (Å²) in [6.45, 7) is 4.15. The fourth-order valence-electron chi connectivity index (χ4n) is 4.66. The van der Waals surface area contributed by atoms with E-state index in [1.54, 1.807) is 19.9 Å². The van der Waals surface area contributed by atoms with Gasteiger partial charge in [0.15, 0.2) is 0 Å². The lowest BCUT2D eigenvalue weighted by atomic mass is 9.94. The first-order valence-electron chi connectivity index (χ1n) is 11.6. The molecule has 3 heterocycles. The van der Waals surface area contributed by atoms with Crippen LogP contribution in [0.25, 0.3) is 10.7 Å². The van der Waals surface area contributed by atoms with Crippen LogP contribution in [0.3, 0.4) is 0 Å². The van der Waals surface area contributed by atoms with Gasteiger partial charge < -0.3 is 9.84 Å². The second kappa shape index (κ2) is 10.0. The number of nitrogens with one attached hydrogen (secondary N) is 1. The van der Waals surface area contributed by atoms with E-state index >= 15 is 0 Å². The molecule has 0 spiro atoms. The number of piperidine rings is 1. The molecule has 1 N–H and O–H groups in total.